The van der Waals surface area contributed by atoms with Crippen LogP contribution in [0.5, 0.6) is 0 Å². The lowest BCUT2D eigenvalue weighted by molar-refractivity contribution is 0.268. The first-order valence-electron chi connectivity index (χ1n) is 9.73. The minimum Gasteiger partial charge on any atom is -0.337 e. The molecule has 0 bridgehead atoms. The maximum Gasteiger partial charge on any atom is 0.245 e. The highest BCUT2D eigenvalue weighted by Gasteiger charge is 2.48. The van der Waals surface area contributed by atoms with Gasteiger partial charge in [0.2, 0.25) is 5.95 Å². The normalized spacial score (nSPS) is 21.6. The Morgan fingerprint density at radius 2 is 2.15 bits per heavy atom. The Morgan fingerprint density at radius 1 is 1.30 bits per heavy atom. The molecule has 0 amide bonds. The van der Waals surface area contributed by atoms with Crippen molar-refractivity contribution < 1.29 is 0 Å². The van der Waals surface area contributed by atoms with Crippen LogP contribution < -0.4 is 15.5 Å². The molecule has 1 unspecified atom stereocenters. The van der Waals surface area contributed by atoms with Crippen LogP contribution in [-0.4, -0.2) is 51.0 Å². The van der Waals surface area contributed by atoms with Gasteiger partial charge in [0, 0.05) is 42.5 Å². The Morgan fingerprint density at radius 3 is 2.89 bits per heavy atom. The first-order chi connectivity index (χ1) is 13.2. The van der Waals surface area contributed by atoms with Crippen LogP contribution in [0.3, 0.4) is 0 Å². The first-order valence-corrected chi connectivity index (χ1v) is 9.73. The second-order valence-electron chi connectivity index (χ2n) is 7.95. The molecule has 27 heavy (non-hydrogen) atoms. The molecule has 3 aromatic rings. The van der Waals surface area contributed by atoms with Crippen LogP contribution in [0.1, 0.15) is 31.4 Å². The molecule has 5 rings (SSSR count). The average molecular weight is 366 g/mol. The molecule has 0 radical (unpaired) electrons. The van der Waals surface area contributed by atoms with Crippen molar-refractivity contribution >= 4 is 23.1 Å². The van der Waals surface area contributed by atoms with Gasteiger partial charge in [-0.2, -0.15) is 10.1 Å². The minimum atomic E-state index is 0.358. The summed E-state index contributed by atoms with van der Waals surface area (Å²) in [5.74, 6) is 2.32. The summed E-state index contributed by atoms with van der Waals surface area (Å²) in [4.78, 5) is 7.22. The number of H-pyrrole nitrogens is 1. The van der Waals surface area contributed by atoms with Crippen molar-refractivity contribution in [3.05, 3.63) is 30.1 Å². The van der Waals surface area contributed by atoms with E-state index in [1.165, 1.54) is 25.7 Å². The average Bonchev–Trinajstić information content (AvgIpc) is 3.44. The zero-order valence-electron chi connectivity index (χ0n) is 15.9. The van der Waals surface area contributed by atoms with Crippen molar-refractivity contribution in [1.82, 2.24) is 30.1 Å². The lowest BCUT2D eigenvalue weighted by Gasteiger charge is -2.29. The zero-order chi connectivity index (χ0) is 18.4. The van der Waals surface area contributed by atoms with Gasteiger partial charge >= 0.3 is 0 Å². The van der Waals surface area contributed by atoms with E-state index in [1.54, 1.807) is 0 Å². The number of aromatic amines is 1. The smallest absolute Gasteiger partial charge is 0.245 e. The monoisotopic (exact) mass is 366 g/mol. The van der Waals surface area contributed by atoms with Gasteiger partial charge in [-0.05, 0) is 38.9 Å². The Kier molecular flexibility index (Phi) is 3.82. The largest absolute Gasteiger partial charge is 0.337 e. The number of nitrogens with zero attached hydrogens (tertiary/aromatic N) is 5. The van der Waals surface area contributed by atoms with E-state index in [1.807, 2.05) is 35.8 Å². The molecule has 2 aliphatic rings. The third-order valence-corrected chi connectivity index (χ3v) is 6.21. The van der Waals surface area contributed by atoms with Crippen LogP contribution in [0.25, 0.3) is 5.52 Å². The fourth-order valence-corrected chi connectivity index (χ4v) is 4.86. The highest BCUT2D eigenvalue weighted by Crippen LogP contribution is 2.46. The van der Waals surface area contributed by atoms with Gasteiger partial charge in [-0.3, -0.25) is 5.10 Å². The molecular weight excluding hydrogens is 340 g/mol. The van der Waals surface area contributed by atoms with Crippen LogP contribution >= 0.6 is 0 Å². The van der Waals surface area contributed by atoms with Crippen molar-refractivity contribution in [3.63, 3.8) is 0 Å². The molecular formula is C19H26N8. The fourth-order valence-electron chi connectivity index (χ4n) is 4.86. The van der Waals surface area contributed by atoms with Crippen molar-refractivity contribution in [3.8, 4) is 0 Å². The number of nitrogens with one attached hydrogen (secondary N) is 3. The summed E-state index contributed by atoms with van der Waals surface area (Å²) in [6.45, 7) is 3.95. The number of hydrogen-bond donors (Lipinski definition) is 3. The van der Waals surface area contributed by atoms with Gasteiger partial charge in [0.25, 0.3) is 0 Å². The zero-order valence-corrected chi connectivity index (χ0v) is 15.9. The molecule has 3 N–H and O–H groups in total. The van der Waals surface area contributed by atoms with E-state index in [0.717, 1.165) is 41.9 Å². The standard InChI is InChI=1S/C19H26N8/c1-13-10-16(24-23-13)21-17-14-6-5-9-27(14)25-18(22-17)26-11-15(20-2)19(12-26)7-3-4-8-19/h5-6,9-10,15,20H,3-4,7-8,11-12H2,1-2H3,(H2,21,22,23,24,25). The molecule has 1 spiro atoms. The molecule has 1 atom stereocenters. The number of fused-ring (bicyclic) bond motifs is 1. The van der Waals surface area contributed by atoms with Gasteiger partial charge in [0.1, 0.15) is 5.52 Å². The van der Waals surface area contributed by atoms with Crippen LogP contribution in [0, 0.1) is 12.3 Å². The topological polar surface area (TPSA) is 86.2 Å². The second kappa shape index (κ2) is 6.23. The summed E-state index contributed by atoms with van der Waals surface area (Å²) in [6, 6.07) is 6.48. The Bertz CT molecular complexity index is 952. The highest BCUT2D eigenvalue weighted by molar-refractivity contribution is 5.73. The third-order valence-electron chi connectivity index (χ3n) is 6.21. The van der Waals surface area contributed by atoms with Crippen molar-refractivity contribution in [1.29, 1.82) is 0 Å². The lowest BCUT2D eigenvalue weighted by Crippen LogP contribution is -2.40. The predicted molar refractivity (Wildman–Crippen MR) is 106 cm³/mol. The van der Waals surface area contributed by atoms with Crippen molar-refractivity contribution in [2.24, 2.45) is 5.41 Å². The summed E-state index contributed by atoms with van der Waals surface area (Å²) in [5, 5.41) is 18.9. The highest BCUT2D eigenvalue weighted by atomic mass is 15.4. The summed E-state index contributed by atoms with van der Waals surface area (Å²) in [6.07, 6.45) is 7.21. The van der Waals surface area contributed by atoms with Gasteiger partial charge in [-0.15, -0.1) is 5.10 Å². The Balaban J connectivity index is 1.50. The minimum absolute atomic E-state index is 0.358. The fraction of sp³-hybridized carbons (Fsp3) is 0.526. The number of aromatic nitrogens is 5. The van der Waals surface area contributed by atoms with Gasteiger partial charge in [0.15, 0.2) is 11.6 Å². The summed E-state index contributed by atoms with van der Waals surface area (Å²) in [5.41, 5.74) is 2.31. The molecule has 4 heterocycles. The Hall–Kier alpha value is -2.61. The van der Waals surface area contributed by atoms with Gasteiger partial charge < -0.3 is 15.5 Å². The SMILES string of the molecule is CNC1CN(c2nc(Nc3cc(C)[nH]n3)c3cccn3n2)CC12CCCC2. The maximum atomic E-state index is 4.88. The number of aryl methyl sites for hydroxylation is 1. The van der Waals surface area contributed by atoms with Gasteiger partial charge in [0.05, 0.1) is 0 Å². The maximum absolute atomic E-state index is 4.88. The number of hydrogen-bond acceptors (Lipinski definition) is 6. The van der Waals surface area contributed by atoms with Gasteiger partial charge in [-0.1, -0.05) is 12.8 Å². The molecule has 1 aliphatic carbocycles. The van der Waals surface area contributed by atoms with E-state index in [0.29, 0.717) is 11.5 Å². The van der Waals surface area contributed by atoms with E-state index < -0.39 is 0 Å². The molecule has 8 heteroatoms. The van der Waals surface area contributed by atoms with Crippen LogP contribution in [0.15, 0.2) is 24.4 Å². The van der Waals surface area contributed by atoms with Crippen LogP contribution in [-0.2, 0) is 0 Å². The first kappa shape index (κ1) is 16.6. The molecule has 1 aliphatic heterocycles. The van der Waals surface area contributed by atoms with Crippen LogP contribution in [0.2, 0.25) is 0 Å². The predicted octanol–water partition coefficient (Wildman–Crippen LogP) is 2.47. The summed E-state index contributed by atoms with van der Waals surface area (Å²) < 4.78 is 1.90. The quantitative estimate of drug-likeness (QED) is 0.658. The van der Waals surface area contributed by atoms with Crippen LogP contribution in [0.4, 0.5) is 17.6 Å². The number of likely N-dealkylation sites (N-methyl/N-ethyl adjacent to an activating group) is 1. The van der Waals surface area contributed by atoms with E-state index in [9.17, 15) is 0 Å². The molecule has 1 saturated carbocycles. The van der Waals surface area contributed by atoms with E-state index in [4.69, 9.17) is 10.1 Å². The summed E-state index contributed by atoms with van der Waals surface area (Å²) >= 11 is 0. The number of anilines is 3. The molecule has 8 nitrogen and oxygen atoms in total. The number of rotatable bonds is 4. The van der Waals surface area contributed by atoms with E-state index >= 15 is 0 Å². The lowest BCUT2D eigenvalue weighted by atomic mass is 9.81. The third kappa shape index (κ3) is 2.75. The second-order valence-corrected chi connectivity index (χ2v) is 7.95. The Labute approximate surface area is 158 Å². The molecule has 0 aromatic carbocycles. The molecule has 1 saturated heterocycles. The van der Waals surface area contributed by atoms with E-state index in [-0.39, 0.29) is 0 Å². The summed E-state index contributed by atoms with van der Waals surface area (Å²) in [7, 11) is 2.08. The van der Waals surface area contributed by atoms with Crippen molar-refractivity contribution in [2.45, 2.75) is 38.6 Å². The molecule has 3 aromatic heterocycles. The van der Waals surface area contributed by atoms with Crippen molar-refractivity contribution in [2.75, 3.05) is 30.4 Å². The molecule has 2 fully saturated rings. The molecule has 142 valence electrons. The van der Waals surface area contributed by atoms with E-state index in [2.05, 4.69) is 32.8 Å². The van der Waals surface area contributed by atoms with Gasteiger partial charge in [-0.25, -0.2) is 4.52 Å².